The fourth-order valence-electron chi connectivity index (χ4n) is 5.31. The molecule has 3 fully saturated rings. The quantitative estimate of drug-likeness (QED) is 0.637. The van der Waals surface area contributed by atoms with E-state index < -0.39 is 21.7 Å². The number of carbonyl (C=O) groups is 1. The summed E-state index contributed by atoms with van der Waals surface area (Å²) in [4.78, 5) is 14.8. The van der Waals surface area contributed by atoms with Crippen LogP contribution in [0.2, 0.25) is 0 Å². The van der Waals surface area contributed by atoms with Crippen molar-refractivity contribution in [1.82, 2.24) is 9.62 Å². The number of benzene rings is 2. The molecule has 1 heterocycles. The minimum absolute atomic E-state index is 0.0282. The van der Waals surface area contributed by atoms with Crippen LogP contribution >= 0.6 is 0 Å². The zero-order chi connectivity index (χ0) is 24.1. The Kier molecular flexibility index (Phi) is 5.92. The molecule has 2 atom stereocenters. The first-order chi connectivity index (χ1) is 16.1. The number of likely N-dealkylation sites (tertiary alicyclic amines) is 1. The molecular weight excluding hydrogens is 455 g/mol. The van der Waals surface area contributed by atoms with Crippen molar-refractivity contribution < 1.29 is 22.3 Å². The van der Waals surface area contributed by atoms with Gasteiger partial charge in [0.2, 0.25) is 10.0 Å². The summed E-state index contributed by atoms with van der Waals surface area (Å²) < 4.78 is 45.9. The highest BCUT2D eigenvalue weighted by Crippen LogP contribution is 2.55. The highest BCUT2D eigenvalue weighted by molar-refractivity contribution is 7.89. The van der Waals surface area contributed by atoms with E-state index in [2.05, 4.69) is 36.1 Å². The van der Waals surface area contributed by atoms with E-state index in [0.29, 0.717) is 5.75 Å². The predicted octanol–water partition coefficient (Wildman–Crippen LogP) is 4.13. The average Bonchev–Trinajstić information content (AvgIpc) is 3.66. The van der Waals surface area contributed by atoms with Crippen molar-refractivity contribution in [3.8, 4) is 5.75 Å². The van der Waals surface area contributed by atoms with E-state index in [1.54, 1.807) is 0 Å². The average molecular weight is 487 g/mol. The van der Waals surface area contributed by atoms with Gasteiger partial charge < -0.3 is 4.74 Å². The molecule has 1 aliphatic heterocycles. The Balaban J connectivity index is 1.30. The molecule has 0 aromatic heterocycles. The van der Waals surface area contributed by atoms with Crippen LogP contribution in [-0.4, -0.2) is 44.7 Å². The molecule has 2 aromatic rings. The number of ether oxygens (including phenoxy) is 1. The minimum Gasteiger partial charge on any atom is -0.489 e. The topological polar surface area (TPSA) is 75.7 Å². The van der Waals surface area contributed by atoms with Gasteiger partial charge in [-0.1, -0.05) is 29.8 Å². The number of aryl methyl sites for hydroxylation is 1. The van der Waals surface area contributed by atoms with Gasteiger partial charge in [0.15, 0.2) is 0 Å². The van der Waals surface area contributed by atoms with Crippen LogP contribution in [0.5, 0.6) is 5.75 Å². The number of amides is 1. The number of hydrogen-bond donors (Lipinski definition) is 1. The Morgan fingerprint density at radius 2 is 2.06 bits per heavy atom. The largest absolute Gasteiger partial charge is 0.489 e. The first-order valence-corrected chi connectivity index (χ1v) is 13.8. The number of nitrogens with zero attached hydrogens (tertiary/aromatic N) is 1. The van der Waals surface area contributed by atoms with Crippen molar-refractivity contribution in [2.75, 3.05) is 19.3 Å². The fraction of sp³-hybridized carbons (Fsp3) is 0.500. The molecule has 1 saturated heterocycles. The van der Waals surface area contributed by atoms with Crippen LogP contribution in [0.15, 0.2) is 36.4 Å². The molecule has 5 rings (SSSR count). The van der Waals surface area contributed by atoms with E-state index in [1.165, 1.54) is 23.3 Å². The molecule has 1 N–H and O–H groups in total. The van der Waals surface area contributed by atoms with Gasteiger partial charge in [-0.2, -0.15) is 0 Å². The van der Waals surface area contributed by atoms with Gasteiger partial charge in [-0.3, -0.25) is 9.69 Å². The van der Waals surface area contributed by atoms with Crippen LogP contribution < -0.4 is 9.46 Å². The lowest BCUT2D eigenvalue weighted by molar-refractivity contribution is 0.0977. The summed E-state index contributed by atoms with van der Waals surface area (Å²) in [5.74, 6) is -0.997. The van der Waals surface area contributed by atoms with Gasteiger partial charge in [-0.25, -0.2) is 17.5 Å². The monoisotopic (exact) mass is 486 g/mol. The van der Waals surface area contributed by atoms with Crippen molar-refractivity contribution in [2.45, 2.75) is 57.6 Å². The molecule has 1 spiro atoms. The Bertz CT molecular complexity index is 1230. The van der Waals surface area contributed by atoms with Crippen LogP contribution in [0.25, 0.3) is 0 Å². The fourth-order valence-corrected chi connectivity index (χ4v) is 5.75. The van der Waals surface area contributed by atoms with Crippen LogP contribution in [0.1, 0.15) is 65.1 Å². The summed E-state index contributed by atoms with van der Waals surface area (Å²) in [6.07, 6.45) is 5.96. The normalized spacial score (nSPS) is 24.7. The van der Waals surface area contributed by atoms with E-state index in [-0.39, 0.29) is 23.0 Å². The molecule has 8 heteroatoms. The molecule has 0 radical (unpaired) electrons. The van der Waals surface area contributed by atoms with Gasteiger partial charge in [0, 0.05) is 24.6 Å². The predicted molar refractivity (Wildman–Crippen MR) is 128 cm³/mol. The zero-order valence-corrected chi connectivity index (χ0v) is 20.5. The molecule has 2 unspecified atom stereocenters. The molecule has 182 valence electrons. The Hall–Kier alpha value is -2.45. The SMILES string of the molecule is Cc1cccc(CN2CCCC3(CC3Oc3cc(F)c(C(=O)NS(C)(=O)=O)cc3C3CC3)C2)c1. The molecule has 3 aliphatic rings. The number of carbonyl (C=O) groups excluding carboxylic acids is 1. The molecule has 0 bridgehead atoms. The second-order valence-corrected chi connectivity index (χ2v) is 12.1. The number of sulfonamides is 1. The number of hydrogen-bond acceptors (Lipinski definition) is 5. The molecule has 1 amide bonds. The van der Waals surface area contributed by atoms with Gasteiger partial charge in [-0.15, -0.1) is 0 Å². The number of nitrogens with one attached hydrogen (secondary N) is 1. The van der Waals surface area contributed by atoms with Gasteiger partial charge in [0.25, 0.3) is 5.91 Å². The van der Waals surface area contributed by atoms with E-state index >= 15 is 0 Å². The Labute approximate surface area is 200 Å². The van der Waals surface area contributed by atoms with Crippen molar-refractivity contribution in [1.29, 1.82) is 0 Å². The number of piperidine rings is 1. The minimum atomic E-state index is -3.78. The van der Waals surface area contributed by atoms with Crippen molar-refractivity contribution in [3.05, 3.63) is 64.5 Å². The Morgan fingerprint density at radius 1 is 1.26 bits per heavy atom. The smallest absolute Gasteiger partial charge is 0.267 e. The Morgan fingerprint density at radius 3 is 2.76 bits per heavy atom. The molecule has 2 aliphatic carbocycles. The van der Waals surface area contributed by atoms with Crippen LogP contribution in [0.4, 0.5) is 4.39 Å². The van der Waals surface area contributed by atoms with Gasteiger partial charge >= 0.3 is 0 Å². The van der Waals surface area contributed by atoms with Crippen LogP contribution in [0.3, 0.4) is 0 Å². The second kappa shape index (κ2) is 8.64. The summed E-state index contributed by atoms with van der Waals surface area (Å²) in [7, 11) is -3.78. The third-order valence-corrected chi connectivity index (χ3v) is 7.76. The van der Waals surface area contributed by atoms with E-state index in [9.17, 15) is 17.6 Å². The third kappa shape index (κ3) is 5.13. The lowest BCUT2D eigenvalue weighted by atomic mass is 9.94. The van der Waals surface area contributed by atoms with Gasteiger partial charge in [0.1, 0.15) is 17.7 Å². The summed E-state index contributed by atoms with van der Waals surface area (Å²) >= 11 is 0. The number of halogens is 1. The second-order valence-electron chi connectivity index (χ2n) is 10.3. The van der Waals surface area contributed by atoms with Crippen molar-refractivity contribution >= 4 is 15.9 Å². The molecule has 2 saturated carbocycles. The highest BCUT2D eigenvalue weighted by Gasteiger charge is 2.58. The first-order valence-electron chi connectivity index (χ1n) is 11.9. The maximum absolute atomic E-state index is 14.8. The summed E-state index contributed by atoms with van der Waals surface area (Å²) in [5.41, 5.74) is 3.21. The summed E-state index contributed by atoms with van der Waals surface area (Å²) in [5, 5.41) is 0. The van der Waals surface area contributed by atoms with Crippen molar-refractivity contribution in [2.24, 2.45) is 5.41 Å². The van der Waals surface area contributed by atoms with Crippen LogP contribution in [0, 0.1) is 18.2 Å². The third-order valence-electron chi connectivity index (χ3n) is 7.20. The maximum Gasteiger partial charge on any atom is 0.267 e. The molecule has 34 heavy (non-hydrogen) atoms. The van der Waals surface area contributed by atoms with Gasteiger partial charge in [-0.05, 0) is 68.7 Å². The lowest BCUT2D eigenvalue weighted by Gasteiger charge is -2.33. The molecule has 2 aromatic carbocycles. The van der Waals surface area contributed by atoms with Gasteiger partial charge in [0.05, 0.1) is 11.8 Å². The maximum atomic E-state index is 14.8. The van der Waals surface area contributed by atoms with E-state index in [1.807, 2.05) is 4.72 Å². The standard InChI is InChI=1S/C26H31FN2O4S/c1-17-5-3-6-18(11-17)15-29-10-4-9-26(16-29)14-24(26)33-23-13-22(27)21(12-20(23)19-7-8-19)25(30)28-34(2,31)32/h3,5-6,11-13,19,24H,4,7-10,14-16H2,1-2H3,(H,28,30). The molecule has 6 nitrogen and oxygen atoms in total. The molecular formula is C26H31FN2O4S. The zero-order valence-electron chi connectivity index (χ0n) is 19.6. The van der Waals surface area contributed by atoms with E-state index in [0.717, 1.165) is 63.6 Å². The van der Waals surface area contributed by atoms with Crippen molar-refractivity contribution in [3.63, 3.8) is 0 Å². The lowest BCUT2D eigenvalue weighted by Crippen LogP contribution is -2.38. The van der Waals surface area contributed by atoms with Crippen LogP contribution in [-0.2, 0) is 16.6 Å². The highest BCUT2D eigenvalue weighted by atomic mass is 32.2. The first kappa shape index (κ1) is 23.3. The van der Waals surface area contributed by atoms with E-state index in [4.69, 9.17) is 4.74 Å². The number of rotatable bonds is 7. The summed E-state index contributed by atoms with van der Waals surface area (Å²) in [6.45, 7) is 5.05. The summed E-state index contributed by atoms with van der Waals surface area (Å²) in [6, 6.07) is 11.3.